The van der Waals surface area contributed by atoms with Gasteiger partial charge in [0.2, 0.25) is 0 Å². The standard InChI is InChI=1S/C11H14BrCl2NO/c1-7(2)15-3-4-16-11-6-9(13)8(12)5-10(11)14/h5-7,15H,3-4H2,1-2H3. The molecule has 0 bridgehead atoms. The van der Waals surface area contributed by atoms with E-state index in [4.69, 9.17) is 27.9 Å². The lowest BCUT2D eigenvalue weighted by Crippen LogP contribution is -2.27. The van der Waals surface area contributed by atoms with Gasteiger partial charge in [0.1, 0.15) is 12.4 Å². The van der Waals surface area contributed by atoms with E-state index in [9.17, 15) is 0 Å². The quantitative estimate of drug-likeness (QED) is 0.648. The number of hydrogen-bond donors (Lipinski definition) is 1. The summed E-state index contributed by atoms with van der Waals surface area (Å²) in [5.41, 5.74) is 0. The van der Waals surface area contributed by atoms with Gasteiger partial charge in [-0.1, -0.05) is 37.0 Å². The molecule has 0 aromatic heterocycles. The highest BCUT2D eigenvalue weighted by atomic mass is 79.9. The smallest absolute Gasteiger partial charge is 0.139 e. The molecule has 0 radical (unpaired) electrons. The van der Waals surface area contributed by atoms with Gasteiger partial charge in [0.15, 0.2) is 0 Å². The molecule has 0 unspecified atom stereocenters. The molecular weight excluding hydrogens is 313 g/mol. The van der Waals surface area contributed by atoms with Gasteiger partial charge in [-0.25, -0.2) is 0 Å². The Morgan fingerprint density at radius 2 is 2.00 bits per heavy atom. The average molecular weight is 327 g/mol. The molecule has 1 N–H and O–H groups in total. The van der Waals surface area contributed by atoms with Crippen molar-refractivity contribution in [3.63, 3.8) is 0 Å². The van der Waals surface area contributed by atoms with Crippen molar-refractivity contribution in [3.8, 4) is 5.75 Å². The molecule has 0 atom stereocenters. The third kappa shape index (κ3) is 4.50. The third-order valence-corrected chi connectivity index (χ3v) is 3.38. The SMILES string of the molecule is CC(C)NCCOc1cc(Cl)c(Br)cc1Cl. The monoisotopic (exact) mass is 325 g/mol. The summed E-state index contributed by atoms with van der Waals surface area (Å²) in [6, 6.07) is 3.89. The summed E-state index contributed by atoms with van der Waals surface area (Å²) in [5, 5.41) is 4.40. The molecule has 16 heavy (non-hydrogen) atoms. The van der Waals surface area contributed by atoms with Gasteiger partial charge in [0, 0.05) is 23.1 Å². The maximum atomic E-state index is 6.01. The molecule has 0 amide bonds. The highest BCUT2D eigenvalue weighted by molar-refractivity contribution is 9.10. The van der Waals surface area contributed by atoms with Crippen molar-refractivity contribution >= 4 is 39.1 Å². The first-order valence-electron chi connectivity index (χ1n) is 5.01. The van der Waals surface area contributed by atoms with E-state index in [0.29, 0.717) is 28.4 Å². The minimum absolute atomic E-state index is 0.451. The Morgan fingerprint density at radius 1 is 1.31 bits per heavy atom. The zero-order valence-corrected chi connectivity index (χ0v) is 12.3. The summed E-state index contributed by atoms with van der Waals surface area (Å²) >= 11 is 15.3. The fourth-order valence-electron chi connectivity index (χ4n) is 1.12. The molecule has 2 nitrogen and oxygen atoms in total. The topological polar surface area (TPSA) is 21.3 Å². The van der Waals surface area contributed by atoms with Crippen molar-refractivity contribution in [1.82, 2.24) is 5.32 Å². The zero-order valence-electron chi connectivity index (χ0n) is 9.19. The lowest BCUT2D eigenvalue weighted by molar-refractivity contribution is 0.309. The average Bonchev–Trinajstić information content (AvgIpc) is 2.19. The lowest BCUT2D eigenvalue weighted by Gasteiger charge is -2.11. The zero-order chi connectivity index (χ0) is 12.1. The highest BCUT2D eigenvalue weighted by Crippen LogP contribution is 2.33. The summed E-state index contributed by atoms with van der Waals surface area (Å²) in [4.78, 5) is 0. The Hall–Kier alpha value is 0.0400. The molecule has 0 saturated heterocycles. The van der Waals surface area contributed by atoms with Gasteiger partial charge in [0.05, 0.1) is 10.0 Å². The molecule has 0 spiro atoms. The normalized spacial score (nSPS) is 10.9. The molecular formula is C11H14BrCl2NO. The minimum Gasteiger partial charge on any atom is -0.491 e. The van der Waals surface area contributed by atoms with E-state index in [0.717, 1.165) is 11.0 Å². The molecule has 90 valence electrons. The molecule has 1 aromatic carbocycles. The van der Waals surface area contributed by atoms with Crippen LogP contribution in [0.3, 0.4) is 0 Å². The van der Waals surface area contributed by atoms with E-state index >= 15 is 0 Å². The van der Waals surface area contributed by atoms with Crippen LogP contribution in [0.4, 0.5) is 0 Å². The first kappa shape index (κ1) is 14.1. The van der Waals surface area contributed by atoms with E-state index < -0.39 is 0 Å². The van der Waals surface area contributed by atoms with Gasteiger partial charge in [-0.05, 0) is 22.0 Å². The first-order chi connectivity index (χ1) is 7.50. The number of halogens is 3. The van der Waals surface area contributed by atoms with E-state index in [1.807, 2.05) is 0 Å². The second-order valence-electron chi connectivity index (χ2n) is 3.65. The minimum atomic E-state index is 0.451. The van der Waals surface area contributed by atoms with Crippen molar-refractivity contribution < 1.29 is 4.74 Å². The van der Waals surface area contributed by atoms with Crippen molar-refractivity contribution in [2.75, 3.05) is 13.2 Å². The van der Waals surface area contributed by atoms with Crippen molar-refractivity contribution in [1.29, 1.82) is 0 Å². The van der Waals surface area contributed by atoms with Crippen molar-refractivity contribution in [2.24, 2.45) is 0 Å². The number of ether oxygens (including phenoxy) is 1. The van der Waals surface area contributed by atoms with Crippen LogP contribution in [0.25, 0.3) is 0 Å². The van der Waals surface area contributed by atoms with Crippen LogP contribution < -0.4 is 10.1 Å². The maximum Gasteiger partial charge on any atom is 0.139 e. The second-order valence-corrected chi connectivity index (χ2v) is 5.32. The Bertz CT molecular complexity index is 358. The fraction of sp³-hybridized carbons (Fsp3) is 0.455. The van der Waals surface area contributed by atoms with E-state index in [1.54, 1.807) is 12.1 Å². The van der Waals surface area contributed by atoms with Crippen LogP contribution in [0.2, 0.25) is 10.0 Å². The van der Waals surface area contributed by atoms with E-state index in [1.165, 1.54) is 0 Å². The summed E-state index contributed by atoms with van der Waals surface area (Å²) in [5.74, 6) is 0.612. The summed E-state index contributed by atoms with van der Waals surface area (Å²) in [6.07, 6.45) is 0. The van der Waals surface area contributed by atoms with Crippen molar-refractivity contribution in [2.45, 2.75) is 19.9 Å². The van der Waals surface area contributed by atoms with Gasteiger partial charge < -0.3 is 10.1 Å². The van der Waals surface area contributed by atoms with E-state index in [2.05, 4.69) is 35.1 Å². The number of nitrogens with one attached hydrogen (secondary N) is 1. The van der Waals surface area contributed by atoms with Crippen LogP contribution in [0, 0.1) is 0 Å². The molecule has 1 aromatic rings. The molecule has 0 aliphatic rings. The van der Waals surface area contributed by atoms with Crippen LogP contribution >= 0.6 is 39.1 Å². The third-order valence-electron chi connectivity index (χ3n) is 1.89. The van der Waals surface area contributed by atoms with Crippen LogP contribution in [0.15, 0.2) is 16.6 Å². The fourth-order valence-corrected chi connectivity index (χ4v) is 1.97. The summed E-state index contributed by atoms with van der Waals surface area (Å²) in [6.45, 7) is 5.52. The van der Waals surface area contributed by atoms with Crippen LogP contribution in [-0.2, 0) is 0 Å². The Morgan fingerprint density at radius 3 is 2.62 bits per heavy atom. The number of hydrogen-bond acceptors (Lipinski definition) is 2. The molecule has 5 heteroatoms. The molecule has 0 aliphatic carbocycles. The van der Waals surface area contributed by atoms with Crippen LogP contribution in [0.5, 0.6) is 5.75 Å². The van der Waals surface area contributed by atoms with Crippen LogP contribution in [0.1, 0.15) is 13.8 Å². The van der Waals surface area contributed by atoms with Crippen LogP contribution in [-0.4, -0.2) is 19.2 Å². The largest absolute Gasteiger partial charge is 0.491 e. The predicted molar refractivity (Wildman–Crippen MR) is 72.8 cm³/mol. The first-order valence-corrected chi connectivity index (χ1v) is 6.56. The van der Waals surface area contributed by atoms with E-state index in [-0.39, 0.29) is 0 Å². The second kappa shape index (κ2) is 6.70. The summed E-state index contributed by atoms with van der Waals surface area (Å²) < 4.78 is 6.29. The molecule has 0 aliphatic heterocycles. The lowest BCUT2D eigenvalue weighted by atomic mass is 10.3. The van der Waals surface area contributed by atoms with Gasteiger partial charge in [-0.2, -0.15) is 0 Å². The highest BCUT2D eigenvalue weighted by Gasteiger charge is 2.06. The van der Waals surface area contributed by atoms with Gasteiger partial charge in [-0.3, -0.25) is 0 Å². The number of rotatable bonds is 5. The maximum absolute atomic E-state index is 6.01. The van der Waals surface area contributed by atoms with Crippen molar-refractivity contribution in [3.05, 3.63) is 26.7 Å². The molecule has 1 rings (SSSR count). The summed E-state index contributed by atoms with van der Waals surface area (Å²) in [7, 11) is 0. The molecule has 0 saturated carbocycles. The molecule has 0 fully saturated rings. The Balaban J connectivity index is 2.51. The van der Waals surface area contributed by atoms with Gasteiger partial charge in [0.25, 0.3) is 0 Å². The Kier molecular flexibility index (Phi) is 5.90. The molecule has 0 heterocycles. The number of benzene rings is 1. The van der Waals surface area contributed by atoms with Gasteiger partial charge in [-0.15, -0.1) is 0 Å². The predicted octanol–water partition coefficient (Wildman–Crippen LogP) is 4.13. The Labute approximate surface area is 114 Å². The van der Waals surface area contributed by atoms with Gasteiger partial charge >= 0.3 is 0 Å².